The zero-order chi connectivity index (χ0) is 18.6. The Labute approximate surface area is 183 Å². The lowest BCUT2D eigenvalue weighted by Gasteiger charge is -2.33. The van der Waals surface area contributed by atoms with Gasteiger partial charge in [0.2, 0.25) is 0 Å². The van der Waals surface area contributed by atoms with Crippen LogP contribution < -0.4 is 10.6 Å². The van der Waals surface area contributed by atoms with Crippen LogP contribution in [0, 0.1) is 11.7 Å². The molecule has 158 valence electrons. The van der Waals surface area contributed by atoms with E-state index in [0.717, 1.165) is 38.4 Å². The molecule has 1 saturated heterocycles. The highest BCUT2D eigenvalue weighted by atomic mass is 35.5. The number of para-hydroxylation sites is 1. The monoisotopic (exact) mass is 440 g/mol. The number of rotatable bonds is 6. The van der Waals surface area contributed by atoms with Crippen molar-refractivity contribution in [1.82, 2.24) is 15.2 Å². The lowest BCUT2D eigenvalue weighted by molar-refractivity contribution is 0.0705. The van der Waals surface area contributed by atoms with Gasteiger partial charge >= 0.3 is 0 Å². The van der Waals surface area contributed by atoms with Crippen molar-refractivity contribution in [3.63, 3.8) is 0 Å². The summed E-state index contributed by atoms with van der Waals surface area (Å²) in [4.78, 5) is 19.1. The standard InChI is InChI=1S/C21H25FN4O.2ClH/c22-18-5-1-2-6-19(18)25-20-17(4-3-11-23-20)21(27)26-12-9-16(10-13-26)24-14-15-7-8-15;;/h1-6,11,15-16,24H,7-10,12-14H2,(H,23,25);2*1H. The van der Waals surface area contributed by atoms with Gasteiger partial charge in [0, 0.05) is 25.3 Å². The first-order valence-corrected chi connectivity index (χ1v) is 9.70. The normalized spacial score (nSPS) is 16.5. The largest absolute Gasteiger partial charge is 0.338 e. The van der Waals surface area contributed by atoms with E-state index in [1.807, 2.05) is 4.90 Å². The molecule has 29 heavy (non-hydrogen) atoms. The summed E-state index contributed by atoms with van der Waals surface area (Å²) in [6.07, 6.45) is 6.24. The number of piperidine rings is 1. The molecule has 2 aromatic rings. The van der Waals surface area contributed by atoms with Gasteiger partial charge in [-0.1, -0.05) is 12.1 Å². The lowest BCUT2D eigenvalue weighted by Crippen LogP contribution is -2.45. The van der Waals surface area contributed by atoms with E-state index in [0.29, 0.717) is 23.1 Å². The first-order chi connectivity index (χ1) is 13.2. The minimum Gasteiger partial charge on any atom is -0.338 e. The molecule has 2 heterocycles. The molecule has 0 atom stereocenters. The molecule has 5 nitrogen and oxygen atoms in total. The van der Waals surface area contributed by atoms with E-state index in [1.165, 1.54) is 18.9 Å². The van der Waals surface area contributed by atoms with Gasteiger partial charge in [-0.15, -0.1) is 24.8 Å². The van der Waals surface area contributed by atoms with Crippen LogP contribution in [0.4, 0.5) is 15.9 Å². The smallest absolute Gasteiger partial charge is 0.257 e. The second-order valence-corrected chi connectivity index (χ2v) is 7.42. The fourth-order valence-electron chi connectivity index (χ4n) is 3.48. The van der Waals surface area contributed by atoms with Crippen LogP contribution in [0.2, 0.25) is 0 Å². The molecule has 0 unspecified atom stereocenters. The molecule has 2 aliphatic rings. The van der Waals surface area contributed by atoms with Crippen molar-refractivity contribution < 1.29 is 9.18 Å². The van der Waals surface area contributed by atoms with Gasteiger partial charge in [-0.05, 0) is 62.4 Å². The van der Waals surface area contributed by atoms with Crippen molar-refractivity contribution in [2.45, 2.75) is 31.7 Å². The van der Waals surface area contributed by atoms with Gasteiger partial charge in [-0.2, -0.15) is 0 Å². The van der Waals surface area contributed by atoms with Crippen molar-refractivity contribution in [2.75, 3.05) is 25.0 Å². The maximum atomic E-state index is 13.9. The molecule has 0 radical (unpaired) electrons. The molecule has 0 spiro atoms. The molecule has 1 aromatic carbocycles. The van der Waals surface area contributed by atoms with Crippen molar-refractivity contribution in [2.24, 2.45) is 5.92 Å². The van der Waals surface area contributed by atoms with Gasteiger partial charge < -0.3 is 15.5 Å². The van der Waals surface area contributed by atoms with E-state index in [-0.39, 0.29) is 36.5 Å². The summed E-state index contributed by atoms with van der Waals surface area (Å²) in [6, 6.07) is 10.4. The number of hydrogen-bond acceptors (Lipinski definition) is 4. The van der Waals surface area contributed by atoms with Crippen molar-refractivity contribution in [1.29, 1.82) is 0 Å². The molecule has 1 saturated carbocycles. The average molecular weight is 441 g/mol. The number of nitrogens with one attached hydrogen (secondary N) is 2. The molecule has 4 rings (SSSR count). The third-order valence-corrected chi connectivity index (χ3v) is 5.34. The first-order valence-electron chi connectivity index (χ1n) is 9.70. The van der Waals surface area contributed by atoms with E-state index >= 15 is 0 Å². The summed E-state index contributed by atoms with van der Waals surface area (Å²) in [7, 11) is 0. The lowest BCUT2D eigenvalue weighted by atomic mass is 10.0. The number of halogens is 3. The number of nitrogens with zero attached hydrogens (tertiary/aromatic N) is 2. The van der Waals surface area contributed by atoms with Gasteiger partial charge in [-0.3, -0.25) is 4.79 Å². The molecule has 2 N–H and O–H groups in total. The molecule has 1 aliphatic carbocycles. The Kier molecular flexibility index (Phi) is 8.68. The molecular formula is C21H27Cl2FN4O. The number of aromatic nitrogens is 1. The van der Waals surface area contributed by atoms with Crippen LogP contribution in [-0.2, 0) is 0 Å². The number of benzene rings is 1. The first kappa shape index (κ1) is 23.4. The number of likely N-dealkylation sites (tertiary alicyclic amines) is 1. The van der Waals surface area contributed by atoms with Crippen LogP contribution in [0.3, 0.4) is 0 Å². The highest BCUT2D eigenvalue weighted by Crippen LogP contribution is 2.28. The number of pyridine rings is 1. The van der Waals surface area contributed by atoms with Crippen LogP contribution in [0.1, 0.15) is 36.0 Å². The second kappa shape index (κ2) is 10.8. The van der Waals surface area contributed by atoms with Gasteiger partial charge in [-0.25, -0.2) is 9.37 Å². The predicted molar refractivity (Wildman–Crippen MR) is 118 cm³/mol. The van der Waals surface area contributed by atoms with E-state index in [4.69, 9.17) is 0 Å². The van der Waals surface area contributed by atoms with Gasteiger partial charge in [0.15, 0.2) is 0 Å². The Morgan fingerprint density at radius 1 is 1.07 bits per heavy atom. The molecule has 2 fully saturated rings. The number of carbonyl (C=O) groups is 1. The highest BCUT2D eigenvalue weighted by molar-refractivity contribution is 5.99. The Balaban J connectivity index is 0.00000150. The Morgan fingerprint density at radius 2 is 1.79 bits per heavy atom. The molecule has 0 bridgehead atoms. The van der Waals surface area contributed by atoms with Crippen LogP contribution >= 0.6 is 24.8 Å². The van der Waals surface area contributed by atoms with E-state index < -0.39 is 0 Å². The number of anilines is 2. The van der Waals surface area contributed by atoms with Crippen molar-refractivity contribution in [3.05, 3.63) is 54.0 Å². The predicted octanol–water partition coefficient (Wildman–Crippen LogP) is 4.41. The van der Waals surface area contributed by atoms with Crippen LogP contribution in [0.25, 0.3) is 0 Å². The maximum Gasteiger partial charge on any atom is 0.257 e. The fraction of sp³-hybridized carbons (Fsp3) is 0.429. The Morgan fingerprint density at radius 3 is 2.48 bits per heavy atom. The Hall–Kier alpha value is -1.89. The Bertz CT molecular complexity index is 811. The van der Waals surface area contributed by atoms with Crippen LogP contribution in [-0.4, -0.2) is 41.5 Å². The summed E-state index contributed by atoms with van der Waals surface area (Å²) in [5.41, 5.74) is 0.790. The van der Waals surface area contributed by atoms with Crippen molar-refractivity contribution in [3.8, 4) is 0 Å². The zero-order valence-corrected chi connectivity index (χ0v) is 17.8. The van der Waals surface area contributed by atoms with E-state index in [9.17, 15) is 9.18 Å². The highest BCUT2D eigenvalue weighted by Gasteiger charge is 2.27. The fourth-order valence-corrected chi connectivity index (χ4v) is 3.48. The van der Waals surface area contributed by atoms with Crippen molar-refractivity contribution >= 4 is 42.2 Å². The average Bonchev–Trinajstić information content (AvgIpc) is 3.53. The van der Waals surface area contributed by atoms with E-state index in [1.54, 1.807) is 36.5 Å². The summed E-state index contributed by atoms with van der Waals surface area (Å²) in [5.74, 6) is 0.834. The number of hydrogen-bond donors (Lipinski definition) is 2. The molecular weight excluding hydrogens is 414 g/mol. The van der Waals surface area contributed by atoms with Gasteiger partial charge in [0.25, 0.3) is 5.91 Å². The topological polar surface area (TPSA) is 57.3 Å². The van der Waals surface area contributed by atoms with Crippen LogP contribution in [0.5, 0.6) is 0 Å². The number of amides is 1. The van der Waals surface area contributed by atoms with Gasteiger partial charge in [0.1, 0.15) is 11.6 Å². The summed E-state index contributed by atoms with van der Waals surface area (Å²) >= 11 is 0. The second-order valence-electron chi connectivity index (χ2n) is 7.42. The van der Waals surface area contributed by atoms with E-state index in [2.05, 4.69) is 15.6 Å². The molecule has 1 amide bonds. The van der Waals surface area contributed by atoms with Crippen LogP contribution in [0.15, 0.2) is 42.6 Å². The third-order valence-electron chi connectivity index (χ3n) is 5.34. The zero-order valence-electron chi connectivity index (χ0n) is 16.1. The molecule has 8 heteroatoms. The summed E-state index contributed by atoms with van der Waals surface area (Å²) in [6.45, 7) is 2.57. The maximum absolute atomic E-state index is 13.9. The van der Waals surface area contributed by atoms with Gasteiger partial charge in [0.05, 0.1) is 11.3 Å². The summed E-state index contributed by atoms with van der Waals surface area (Å²) in [5, 5.41) is 6.59. The minimum absolute atomic E-state index is 0. The third kappa shape index (κ3) is 6.04. The number of carbonyl (C=O) groups excluding carboxylic acids is 1. The molecule has 1 aromatic heterocycles. The minimum atomic E-state index is -0.371. The SMILES string of the molecule is Cl.Cl.O=C(c1cccnc1Nc1ccccc1F)N1CCC(NCC2CC2)CC1. The molecule has 1 aliphatic heterocycles. The quantitative estimate of drug-likeness (QED) is 0.697. The summed E-state index contributed by atoms with van der Waals surface area (Å²) < 4.78 is 13.9.